The second-order valence-electron chi connectivity index (χ2n) is 5.42. The molecule has 2 aromatic carbocycles. The third kappa shape index (κ3) is 2.72. The van der Waals surface area contributed by atoms with Crippen LogP contribution in [-0.2, 0) is 0 Å². The van der Waals surface area contributed by atoms with E-state index >= 15 is 0 Å². The SMILES string of the molecule is Cc1c(C(=O)Nc2ccc(-c3nccs3)cc2)sc2ccccc12. The number of nitrogens with one attached hydrogen (secondary N) is 1. The molecule has 0 unspecified atom stereocenters. The molecular formula is C19H14N2OS2. The van der Waals surface area contributed by atoms with Crippen LogP contribution in [-0.4, -0.2) is 10.9 Å². The Morgan fingerprint density at radius 1 is 1.08 bits per heavy atom. The van der Waals surface area contributed by atoms with E-state index in [0.717, 1.165) is 36.8 Å². The summed E-state index contributed by atoms with van der Waals surface area (Å²) in [6.07, 6.45) is 1.79. The van der Waals surface area contributed by atoms with Gasteiger partial charge in [0.05, 0.1) is 4.88 Å². The number of benzene rings is 2. The van der Waals surface area contributed by atoms with Crippen LogP contribution in [0.5, 0.6) is 0 Å². The van der Waals surface area contributed by atoms with Crippen LogP contribution >= 0.6 is 22.7 Å². The molecule has 0 fully saturated rings. The molecule has 0 aliphatic rings. The molecule has 0 atom stereocenters. The van der Waals surface area contributed by atoms with Crippen LogP contribution in [0.15, 0.2) is 60.1 Å². The fourth-order valence-corrected chi connectivity index (χ4v) is 4.39. The highest BCUT2D eigenvalue weighted by atomic mass is 32.1. The van der Waals surface area contributed by atoms with Gasteiger partial charge in [0.2, 0.25) is 0 Å². The van der Waals surface area contributed by atoms with Crippen molar-refractivity contribution in [3.63, 3.8) is 0 Å². The standard InChI is InChI=1S/C19H14N2OS2/c1-12-15-4-2-3-5-16(15)24-17(12)18(22)21-14-8-6-13(7-9-14)19-20-10-11-23-19/h2-11H,1H3,(H,21,22). The Morgan fingerprint density at radius 2 is 1.88 bits per heavy atom. The number of carbonyl (C=O) groups is 1. The molecule has 24 heavy (non-hydrogen) atoms. The normalized spacial score (nSPS) is 10.9. The van der Waals surface area contributed by atoms with Crippen molar-refractivity contribution in [2.75, 3.05) is 5.32 Å². The molecule has 2 aromatic heterocycles. The minimum absolute atomic E-state index is 0.0595. The maximum Gasteiger partial charge on any atom is 0.266 e. The zero-order chi connectivity index (χ0) is 16.5. The molecule has 0 spiro atoms. The molecule has 0 bridgehead atoms. The van der Waals surface area contributed by atoms with Gasteiger partial charge in [0.15, 0.2) is 0 Å². The Hall–Kier alpha value is -2.50. The van der Waals surface area contributed by atoms with Gasteiger partial charge in [-0.1, -0.05) is 18.2 Å². The molecule has 5 heteroatoms. The van der Waals surface area contributed by atoms with Crippen LogP contribution in [0, 0.1) is 6.92 Å². The van der Waals surface area contributed by atoms with Gasteiger partial charge < -0.3 is 5.32 Å². The Bertz CT molecular complexity index is 1000. The molecule has 2 heterocycles. The summed E-state index contributed by atoms with van der Waals surface area (Å²) in [4.78, 5) is 17.7. The summed E-state index contributed by atoms with van der Waals surface area (Å²) in [5.41, 5.74) is 2.88. The quantitative estimate of drug-likeness (QED) is 0.523. The third-order valence-electron chi connectivity index (χ3n) is 3.87. The van der Waals surface area contributed by atoms with E-state index in [9.17, 15) is 4.79 Å². The number of fused-ring (bicyclic) bond motifs is 1. The van der Waals surface area contributed by atoms with E-state index in [1.807, 2.05) is 54.8 Å². The second-order valence-corrected chi connectivity index (χ2v) is 7.37. The Morgan fingerprint density at radius 3 is 2.58 bits per heavy atom. The summed E-state index contributed by atoms with van der Waals surface area (Å²) < 4.78 is 1.14. The van der Waals surface area contributed by atoms with E-state index in [4.69, 9.17) is 0 Å². The lowest BCUT2D eigenvalue weighted by molar-refractivity contribution is 0.103. The van der Waals surface area contributed by atoms with E-state index in [0.29, 0.717) is 0 Å². The van der Waals surface area contributed by atoms with Gasteiger partial charge >= 0.3 is 0 Å². The zero-order valence-electron chi connectivity index (χ0n) is 12.9. The lowest BCUT2D eigenvalue weighted by Crippen LogP contribution is -2.11. The van der Waals surface area contributed by atoms with Gasteiger partial charge in [-0.3, -0.25) is 4.79 Å². The number of carbonyl (C=O) groups excluding carboxylic acids is 1. The van der Waals surface area contributed by atoms with Crippen molar-refractivity contribution < 1.29 is 4.79 Å². The number of anilines is 1. The van der Waals surface area contributed by atoms with Crippen molar-refractivity contribution in [1.82, 2.24) is 4.98 Å². The van der Waals surface area contributed by atoms with E-state index in [2.05, 4.69) is 16.4 Å². The van der Waals surface area contributed by atoms with Crippen LogP contribution < -0.4 is 5.32 Å². The van der Waals surface area contributed by atoms with Gasteiger partial charge in [0.25, 0.3) is 5.91 Å². The maximum atomic E-state index is 12.6. The van der Waals surface area contributed by atoms with Gasteiger partial charge in [0.1, 0.15) is 5.01 Å². The lowest BCUT2D eigenvalue weighted by Gasteiger charge is -2.05. The summed E-state index contributed by atoms with van der Waals surface area (Å²) in [6.45, 7) is 2.00. The number of aryl methyl sites for hydroxylation is 1. The molecular weight excluding hydrogens is 336 g/mol. The molecule has 1 amide bonds. The van der Waals surface area contributed by atoms with E-state index in [1.165, 1.54) is 11.3 Å². The first kappa shape index (κ1) is 15.1. The number of amides is 1. The van der Waals surface area contributed by atoms with Crippen LogP contribution in [0.25, 0.3) is 20.7 Å². The van der Waals surface area contributed by atoms with Crippen LogP contribution in [0.4, 0.5) is 5.69 Å². The lowest BCUT2D eigenvalue weighted by atomic mass is 10.1. The van der Waals surface area contributed by atoms with Crippen molar-refractivity contribution in [3.05, 3.63) is 70.5 Å². The molecule has 3 nitrogen and oxygen atoms in total. The maximum absolute atomic E-state index is 12.6. The second kappa shape index (κ2) is 6.19. The van der Waals surface area contributed by atoms with Crippen molar-refractivity contribution >= 4 is 44.4 Å². The predicted octanol–water partition coefficient (Wildman–Crippen LogP) is 5.59. The minimum Gasteiger partial charge on any atom is -0.321 e. The number of hydrogen-bond donors (Lipinski definition) is 1. The molecule has 118 valence electrons. The summed E-state index contributed by atoms with van der Waals surface area (Å²) in [5.74, 6) is -0.0595. The molecule has 4 rings (SSSR count). The molecule has 0 aliphatic carbocycles. The molecule has 0 aliphatic heterocycles. The summed E-state index contributed by atoms with van der Waals surface area (Å²) >= 11 is 3.13. The first-order valence-corrected chi connectivity index (χ1v) is 9.21. The predicted molar refractivity (Wildman–Crippen MR) is 102 cm³/mol. The van der Waals surface area contributed by atoms with Crippen LogP contribution in [0.1, 0.15) is 15.2 Å². The first-order valence-electron chi connectivity index (χ1n) is 7.52. The number of thiazole rings is 1. The number of hydrogen-bond acceptors (Lipinski definition) is 4. The summed E-state index contributed by atoms with van der Waals surface area (Å²) in [7, 11) is 0. The highest BCUT2D eigenvalue weighted by Crippen LogP contribution is 2.31. The Balaban J connectivity index is 1.58. The third-order valence-corrected chi connectivity index (χ3v) is 5.97. The fraction of sp³-hybridized carbons (Fsp3) is 0.0526. The first-order chi connectivity index (χ1) is 11.7. The molecule has 0 radical (unpaired) electrons. The van der Waals surface area contributed by atoms with E-state index < -0.39 is 0 Å². The van der Waals surface area contributed by atoms with Crippen molar-refractivity contribution in [2.45, 2.75) is 6.92 Å². The van der Waals surface area contributed by atoms with Crippen LogP contribution in [0.2, 0.25) is 0 Å². The monoisotopic (exact) mass is 350 g/mol. The highest BCUT2D eigenvalue weighted by molar-refractivity contribution is 7.21. The smallest absolute Gasteiger partial charge is 0.266 e. The molecule has 0 saturated heterocycles. The van der Waals surface area contributed by atoms with E-state index in [1.54, 1.807) is 17.5 Å². The van der Waals surface area contributed by atoms with E-state index in [-0.39, 0.29) is 5.91 Å². The van der Waals surface area contributed by atoms with Crippen molar-refractivity contribution in [1.29, 1.82) is 0 Å². The number of thiophene rings is 1. The number of rotatable bonds is 3. The minimum atomic E-state index is -0.0595. The average Bonchev–Trinajstić information content (AvgIpc) is 3.24. The molecule has 4 aromatic rings. The number of nitrogens with zero attached hydrogens (tertiary/aromatic N) is 1. The zero-order valence-corrected chi connectivity index (χ0v) is 14.6. The Labute approximate surface area is 147 Å². The topological polar surface area (TPSA) is 42.0 Å². The van der Waals surface area contributed by atoms with Crippen molar-refractivity contribution in [2.24, 2.45) is 0 Å². The molecule has 1 N–H and O–H groups in total. The summed E-state index contributed by atoms with van der Waals surface area (Å²) in [6, 6.07) is 15.9. The molecule has 0 saturated carbocycles. The van der Waals surface area contributed by atoms with Gasteiger partial charge in [0, 0.05) is 27.5 Å². The summed E-state index contributed by atoms with van der Waals surface area (Å²) in [5, 5.41) is 7.07. The largest absolute Gasteiger partial charge is 0.321 e. The Kier molecular flexibility index (Phi) is 3.88. The van der Waals surface area contributed by atoms with Crippen LogP contribution in [0.3, 0.4) is 0 Å². The average molecular weight is 350 g/mol. The number of aromatic nitrogens is 1. The van der Waals surface area contributed by atoms with Gasteiger partial charge in [-0.2, -0.15) is 0 Å². The van der Waals surface area contributed by atoms with Gasteiger partial charge in [-0.15, -0.1) is 22.7 Å². The fourth-order valence-electron chi connectivity index (χ4n) is 2.64. The van der Waals surface area contributed by atoms with Crippen molar-refractivity contribution in [3.8, 4) is 10.6 Å². The highest BCUT2D eigenvalue weighted by Gasteiger charge is 2.15. The van der Waals surface area contributed by atoms with Gasteiger partial charge in [-0.25, -0.2) is 4.98 Å². The van der Waals surface area contributed by atoms with Gasteiger partial charge in [-0.05, 0) is 48.2 Å².